The molecule has 422 valence electrons. The van der Waals surface area contributed by atoms with Crippen molar-refractivity contribution >= 4 is 59.8 Å². The highest BCUT2D eigenvalue weighted by molar-refractivity contribution is 5.94. The molecule has 2 aromatic heterocycles. The third kappa shape index (κ3) is 9.82. The van der Waals surface area contributed by atoms with E-state index in [9.17, 15) is 33.9 Å². The molecule has 3 aromatic rings. The molecule has 8 bridgehead atoms. The lowest BCUT2D eigenvalue weighted by Gasteiger charge is -2.67. The number of benzene rings is 1. The third-order valence-electron chi connectivity index (χ3n) is 14.7. The van der Waals surface area contributed by atoms with Crippen LogP contribution in [0.3, 0.4) is 0 Å². The number of fused-ring (bicyclic) bond motifs is 11. The summed E-state index contributed by atoms with van der Waals surface area (Å²) in [6.07, 6.45) is -7.41. The van der Waals surface area contributed by atoms with Gasteiger partial charge in [0.05, 0.1) is 48.4 Å². The highest BCUT2D eigenvalue weighted by atomic mass is 16.7. The largest absolute Gasteiger partial charge is 0.493 e. The zero-order valence-corrected chi connectivity index (χ0v) is 44.8. The summed E-state index contributed by atoms with van der Waals surface area (Å²) in [5.41, 5.74) is -14.5. The lowest BCUT2D eigenvalue weighted by atomic mass is 9.45. The lowest BCUT2D eigenvalue weighted by molar-refractivity contribution is -0.386. The van der Waals surface area contributed by atoms with Gasteiger partial charge in [-0.15, -0.1) is 0 Å². The van der Waals surface area contributed by atoms with E-state index >= 15 is 14.4 Å². The van der Waals surface area contributed by atoms with E-state index in [4.69, 9.17) is 61.6 Å². The molecule has 1 aromatic carbocycles. The fraction of sp³-hybridized carbons (Fsp3) is 0.500. The first-order valence-electron chi connectivity index (χ1n) is 24.7. The fourth-order valence-corrected chi connectivity index (χ4v) is 11.4. The minimum atomic E-state index is -3.09. The molecule has 1 N–H and O–H groups in total. The quantitative estimate of drug-likeness (QED) is 0.250. The summed E-state index contributed by atoms with van der Waals surface area (Å²) in [6, 6.07) is 6.60. The molecule has 0 unspecified atom stereocenters. The van der Waals surface area contributed by atoms with Gasteiger partial charge in [-0.1, -0.05) is 6.08 Å². The van der Waals surface area contributed by atoms with E-state index in [0.717, 1.165) is 54.7 Å². The van der Waals surface area contributed by atoms with Crippen LogP contribution in [0, 0.1) is 17.3 Å². The van der Waals surface area contributed by atoms with Crippen molar-refractivity contribution in [1.29, 1.82) is 0 Å². The van der Waals surface area contributed by atoms with E-state index < -0.39 is 150 Å². The monoisotopic (exact) mass is 1100 g/mol. The van der Waals surface area contributed by atoms with Crippen molar-refractivity contribution in [2.75, 3.05) is 27.4 Å². The normalized spacial score (nSPS) is 31.5. The summed E-state index contributed by atoms with van der Waals surface area (Å²) in [4.78, 5) is 137. The van der Waals surface area contributed by atoms with Crippen molar-refractivity contribution in [2.45, 2.75) is 128 Å². The van der Waals surface area contributed by atoms with E-state index in [0.29, 0.717) is 0 Å². The van der Waals surface area contributed by atoms with E-state index in [1.807, 2.05) is 0 Å². The number of aliphatic hydroxyl groups is 1. The molecule has 6 heterocycles. The Hall–Kier alpha value is -8.19. The minimum absolute atomic E-state index is 0.00566. The topological polar surface area (TPSA) is 320 Å². The molecule has 4 aliphatic heterocycles. The van der Waals surface area contributed by atoms with Crippen molar-refractivity contribution in [3.8, 4) is 17.2 Å². The predicted octanol–water partition coefficient (Wildman–Crippen LogP) is 3.16. The number of esters is 9. The van der Waals surface area contributed by atoms with Crippen molar-refractivity contribution in [3.05, 3.63) is 82.9 Å². The van der Waals surface area contributed by atoms with Crippen LogP contribution in [0.4, 0.5) is 0 Å². The van der Waals surface area contributed by atoms with Crippen LogP contribution in [0.2, 0.25) is 0 Å². The first-order valence-corrected chi connectivity index (χ1v) is 24.7. The summed E-state index contributed by atoms with van der Waals surface area (Å²) < 4.78 is 80.6. The van der Waals surface area contributed by atoms with Crippen LogP contribution in [0.1, 0.15) is 105 Å². The first kappa shape index (κ1) is 57.0. The Labute approximate surface area is 451 Å². The van der Waals surface area contributed by atoms with Gasteiger partial charge in [0.25, 0.3) is 0 Å². The molecule has 25 nitrogen and oxygen atoms in total. The number of hydrogen-bond acceptors (Lipinski definition) is 25. The predicted molar refractivity (Wildman–Crippen MR) is 261 cm³/mol. The molecule has 12 atom stereocenters. The Bertz CT molecular complexity index is 3020. The van der Waals surface area contributed by atoms with E-state index in [2.05, 4.69) is 9.97 Å². The maximum atomic E-state index is 15.4. The number of ether oxygens (including phenoxy) is 13. The third-order valence-corrected chi connectivity index (χ3v) is 14.7. The van der Waals surface area contributed by atoms with Gasteiger partial charge in [0.2, 0.25) is 11.4 Å². The van der Waals surface area contributed by atoms with Crippen molar-refractivity contribution in [3.63, 3.8) is 0 Å². The first-order chi connectivity index (χ1) is 37.2. The molecule has 2 saturated carbocycles. The van der Waals surface area contributed by atoms with Gasteiger partial charge >= 0.3 is 53.7 Å². The number of hydrogen-bond donors (Lipinski definition) is 1. The van der Waals surface area contributed by atoms with Crippen LogP contribution in [0.25, 0.3) is 6.08 Å². The second kappa shape index (κ2) is 21.2. The van der Waals surface area contributed by atoms with Gasteiger partial charge in [-0.2, -0.15) is 0 Å². The Morgan fingerprint density at radius 2 is 1.38 bits per heavy atom. The molecule has 0 radical (unpaired) electrons. The van der Waals surface area contributed by atoms with Crippen LogP contribution in [0.15, 0.2) is 55.0 Å². The van der Waals surface area contributed by atoms with Crippen molar-refractivity contribution < 1.29 is 110 Å². The van der Waals surface area contributed by atoms with Crippen LogP contribution in [0.5, 0.6) is 17.2 Å². The van der Waals surface area contributed by atoms with Gasteiger partial charge < -0.3 is 66.7 Å². The maximum Gasteiger partial charge on any atom is 0.350 e. The van der Waals surface area contributed by atoms with Crippen molar-refractivity contribution in [1.82, 2.24) is 9.97 Å². The van der Waals surface area contributed by atoms with E-state index in [1.165, 1.54) is 82.9 Å². The van der Waals surface area contributed by atoms with Gasteiger partial charge in [0.15, 0.2) is 41.5 Å². The summed E-state index contributed by atoms with van der Waals surface area (Å²) in [5.74, 6) is -14.1. The van der Waals surface area contributed by atoms with Gasteiger partial charge in [-0.25, -0.2) is 19.2 Å². The average Bonchev–Trinajstić information content (AvgIpc) is 1.90. The summed E-state index contributed by atoms with van der Waals surface area (Å²) >= 11 is 0. The van der Waals surface area contributed by atoms with Gasteiger partial charge in [-0.3, -0.25) is 33.9 Å². The Balaban J connectivity index is 1.57. The highest BCUT2D eigenvalue weighted by Crippen LogP contribution is 2.70. The molecule has 0 amide bonds. The summed E-state index contributed by atoms with van der Waals surface area (Å²) in [5, 5.41) is 14.1. The maximum absolute atomic E-state index is 15.4. The number of methoxy groups -OCH3 is 2. The Morgan fingerprint density at radius 3 is 2.01 bits per heavy atom. The number of carbonyl (C=O) groups excluding carboxylic acids is 9. The van der Waals surface area contributed by atoms with Gasteiger partial charge in [-0.05, 0) is 71.0 Å². The zero-order chi connectivity index (χ0) is 57.7. The van der Waals surface area contributed by atoms with E-state index in [-0.39, 0.29) is 45.2 Å². The molecular weight excluding hydrogens is 1040 g/mol. The smallest absolute Gasteiger partial charge is 0.350 e. The minimum Gasteiger partial charge on any atom is -0.493 e. The molecule has 6 aliphatic rings. The number of carbonyl (C=O) groups is 9. The summed E-state index contributed by atoms with van der Waals surface area (Å²) in [6.45, 7) is 7.01. The number of rotatable bonds is 8. The number of pyridine rings is 2. The van der Waals surface area contributed by atoms with Crippen molar-refractivity contribution in [2.24, 2.45) is 17.3 Å². The molecule has 25 heteroatoms. The number of cyclic esters (lactones) is 1. The summed E-state index contributed by atoms with van der Waals surface area (Å²) in [7, 11) is 2.51. The molecule has 2 spiro atoms. The molecule has 2 aliphatic carbocycles. The average molecular weight is 1100 g/mol. The lowest BCUT2D eigenvalue weighted by Crippen LogP contribution is -2.89. The number of nitrogens with zero attached hydrogens (tertiary/aromatic N) is 2. The molecule has 9 rings (SSSR count). The fourth-order valence-electron chi connectivity index (χ4n) is 11.4. The standard InChI is InChI=1S/C54H58N2O23/c1-25-14-15-34-32(13-12-17-56-34)47(63)70-23-51(8)37-39-43(77-49(65)50(6,7)78-29(5)60)53(24-71-48(64)33-21-55-18-16-30(33)22-69-38-35(67-10)19-31(46(62)75-39)20-36(38)68-11)44(74-28(4)59)40(72-26(2)57)42(76-45(25)61)52(9,66)54(53,79-51)41(37)73-27(3)58/h12-21,25,37,39-44,66H,22-24H2,1-11H3/b15-14-/t25-,37-,39-,40+,41-,42+,43-,44+,51+,52+,53-,54+/m1/s1. The second-order valence-electron chi connectivity index (χ2n) is 20.4. The van der Waals surface area contributed by atoms with Crippen LogP contribution in [-0.4, -0.2) is 155 Å². The van der Waals surface area contributed by atoms with Crippen LogP contribution >= 0.6 is 0 Å². The Morgan fingerprint density at radius 1 is 0.747 bits per heavy atom. The van der Waals surface area contributed by atoms with Gasteiger partial charge in [0.1, 0.15) is 48.6 Å². The van der Waals surface area contributed by atoms with Gasteiger partial charge in [0, 0.05) is 51.8 Å². The second-order valence-corrected chi connectivity index (χ2v) is 20.4. The highest BCUT2D eigenvalue weighted by Gasteiger charge is 2.92. The van der Waals surface area contributed by atoms with Crippen LogP contribution < -0.4 is 14.2 Å². The molecule has 79 heavy (non-hydrogen) atoms. The van der Waals surface area contributed by atoms with E-state index in [1.54, 1.807) is 0 Å². The number of aromatic nitrogens is 2. The molecule has 1 saturated heterocycles. The molecular formula is C54H58N2O23. The Kier molecular flexibility index (Phi) is 15.3. The molecule has 3 fully saturated rings. The SMILES string of the molecule is COc1cc2cc(OC)c1OCc1ccncc1C(=O)OC[C@]13[C@H](OC(=O)C(C)(C)OC(C)=O)[C@H](OC2=O)[C@@H]2[C@@H](OC(C)=O)[C@@]14O[C@@]2(C)COC(=O)c1cccnc1/C=C\[C@@H](C)C(=O)O[C@@H]([C@H](OC(C)=O)[C@@H]3OC(C)=O)[C@]4(C)O. The van der Waals surface area contributed by atoms with Crippen LogP contribution in [-0.2, 0) is 82.7 Å². The zero-order valence-electron chi connectivity index (χ0n) is 44.8.